The van der Waals surface area contributed by atoms with Crippen LogP contribution >= 0.6 is 0 Å². The fraction of sp³-hybridized carbons (Fsp3) is 0.533. The van der Waals surface area contributed by atoms with Gasteiger partial charge in [-0.05, 0) is 26.3 Å². The number of ether oxygens (including phenoxy) is 1. The molecule has 1 unspecified atom stereocenters. The monoisotopic (exact) mass is 262 g/mol. The first kappa shape index (κ1) is 14.0. The predicted octanol–water partition coefficient (Wildman–Crippen LogP) is 1.93. The lowest BCUT2D eigenvalue weighted by atomic mass is 10.1. The van der Waals surface area contributed by atoms with E-state index in [0.717, 1.165) is 5.56 Å². The number of amides is 1. The van der Waals surface area contributed by atoms with Crippen LogP contribution in [0, 0.1) is 0 Å². The Morgan fingerprint density at radius 3 is 2.68 bits per heavy atom. The Bertz CT molecular complexity index is 431. The fourth-order valence-corrected chi connectivity index (χ4v) is 2.49. The second-order valence-electron chi connectivity index (χ2n) is 5.43. The van der Waals surface area contributed by atoms with Crippen molar-refractivity contribution in [3.8, 4) is 0 Å². The SMILES string of the molecule is CCOC(C)(C)CN1CNC(c2ccccc2)C1=O. The quantitative estimate of drug-likeness (QED) is 0.881. The van der Waals surface area contributed by atoms with Gasteiger partial charge in [-0.1, -0.05) is 30.3 Å². The number of hydrogen-bond acceptors (Lipinski definition) is 3. The van der Waals surface area contributed by atoms with Crippen molar-refractivity contribution in [1.29, 1.82) is 0 Å². The molecule has 4 heteroatoms. The molecule has 1 heterocycles. The highest BCUT2D eigenvalue weighted by Crippen LogP contribution is 2.22. The molecule has 1 amide bonds. The highest BCUT2D eigenvalue weighted by molar-refractivity contribution is 5.85. The van der Waals surface area contributed by atoms with E-state index in [4.69, 9.17) is 4.74 Å². The summed E-state index contributed by atoms with van der Waals surface area (Å²) in [6.45, 7) is 7.84. The van der Waals surface area contributed by atoms with Crippen LogP contribution in [0.1, 0.15) is 32.4 Å². The zero-order valence-corrected chi connectivity index (χ0v) is 11.8. The zero-order valence-electron chi connectivity index (χ0n) is 11.8. The summed E-state index contributed by atoms with van der Waals surface area (Å²) in [7, 11) is 0. The minimum absolute atomic E-state index is 0.124. The van der Waals surface area contributed by atoms with E-state index in [1.54, 1.807) is 0 Å². The molecular weight excluding hydrogens is 240 g/mol. The Balaban J connectivity index is 2.02. The molecule has 1 saturated heterocycles. The van der Waals surface area contributed by atoms with Crippen LogP contribution in [-0.2, 0) is 9.53 Å². The molecule has 0 saturated carbocycles. The van der Waals surface area contributed by atoms with E-state index in [2.05, 4.69) is 5.32 Å². The minimum atomic E-state index is -0.308. The van der Waals surface area contributed by atoms with Crippen molar-refractivity contribution in [2.75, 3.05) is 19.8 Å². The van der Waals surface area contributed by atoms with Crippen molar-refractivity contribution in [1.82, 2.24) is 10.2 Å². The summed E-state index contributed by atoms with van der Waals surface area (Å²) in [6.07, 6.45) is 0. The summed E-state index contributed by atoms with van der Waals surface area (Å²) in [5.41, 5.74) is 0.710. The summed E-state index contributed by atoms with van der Waals surface area (Å²) >= 11 is 0. The summed E-state index contributed by atoms with van der Waals surface area (Å²) in [4.78, 5) is 14.2. The molecule has 1 fully saturated rings. The molecule has 0 spiro atoms. The van der Waals surface area contributed by atoms with Crippen molar-refractivity contribution in [2.45, 2.75) is 32.4 Å². The normalized spacial score (nSPS) is 20.1. The van der Waals surface area contributed by atoms with Gasteiger partial charge < -0.3 is 9.64 Å². The first-order chi connectivity index (χ1) is 9.03. The Morgan fingerprint density at radius 2 is 2.05 bits per heavy atom. The predicted molar refractivity (Wildman–Crippen MR) is 74.6 cm³/mol. The molecule has 1 aromatic rings. The summed E-state index contributed by atoms with van der Waals surface area (Å²) < 4.78 is 5.66. The van der Waals surface area contributed by atoms with Gasteiger partial charge in [0.1, 0.15) is 6.04 Å². The fourth-order valence-electron chi connectivity index (χ4n) is 2.49. The maximum absolute atomic E-state index is 12.4. The third kappa shape index (κ3) is 3.33. The lowest BCUT2D eigenvalue weighted by Crippen LogP contribution is -2.42. The van der Waals surface area contributed by atoms with Gasteiger partial charge in [-0.3, -0.25) is 10.1 Å². The number of carbonyl (C=O) groups excluding carboxylic acids is 1. The highest BCUT2D eigenvalue weighted by Gasteiger charge is 2.35. The molecule has 1 atom stereocenters. The largest absolute Gasteiger partial charge is 0.374 e. The molecule has 0 aliphatic carbocycles. The van der Waals surface area contributed by atoms with E-state index >= 15 is 0 Å². The van der Waals surface area contributed by atoms with Gasteiger partial charge in [0.05, 0.1) is 18.8 Å². The molecule has 1 aliphatic heterocycles. The molecule has 0 aromatic heterocycles. The van der Waals surface area contributed by atoms with Gasteiger partial charge in [0.25, 0.3) is 0 Å². The molecule has 1 aromatic carbocycles. The standard InChI is InChI=1S/C15H22N2O2/c1-4-19-15(2,3)10-17-11-16-13(14(17)18)12-8-6-5-7-9-12/h5-9,13,16H,4,10-11H2,1-3H3. The Morgan fingerprint density at radius 1 is 1.37 bits per heavy atom. The van der Waals surface area contributed by atoms with Gasteiger partial charge in [-0.15, -0.1) is 0 Å². The molecule has 104 valence electrons. The van der Waals surface area contributed by atoms with Crippen molar-refractivity contribution in [2.24, 2.45) is 0 Å². The Hall–Kier alpha value is -1.39. The van der Waals surface area contributed by atoms with Crippen LogP contribution < -0.4 is 5.32 Å². The van der Waals surface area contributed by atoms with Crippen molar-refractivity contribution in [3.63, 3.8) is 0 Å². The number of carbonyl (C=O) groups is 1. The van der Waals surface area contributed by atoms with E-state index in [0.29, 0.717) is 19.8 Å². The molecule has 19 heavy (non-hydrogen) atoms. The van der Waals surface area contributed by atoms with Crippen LogP contribution in [-0.4, -0.2) is 36.2 Å². The molecule has 4 nitrogen and oxygen atoms in total. The average molecular weight is 262 g/mol. The maximum Gasteiger partial charge on any atom is 0.245 e. The van der Waals surface area contributed by atoms with Crippen LogP contribution in [0.4, 0.5) is 0 Å². The number of rotatable bonds is 5. The smallest absolute Gasteiger partial charge is 0.245 e. The third-order valence-electron chi connectivity index (χ3n) is 3.28. The summed E-state index contributed by atoms with van der Waals surface area (Å²) in [6, 6.07) is 9.60. The van der Waals surface area contributed by atoms with Crippen molar-refractivity contribution in [3.05, 3.63) is 35.9 Å². The number of hydrogen-bond donors (Lipinski definition) is 1. The average Bonchev–Trinajstić information content (AvgIpc) is 2.71. The minimum Gasteiger partial charge on any atom is -0.374 e. The maximum atomic E-state index is 12.4. The van der Waals surface area contributed by atoms with Crippen LogP contribution in [0.5, 0.6) is 0 Å². The zero-order chi connectivity index (χ0) is 13.9. The second kappa shape index (κ2) is 5.72. The van der Waals surface area contributed by atoms with Gasteiger partial charge >= 0.3 is 0 Å². The first-order valence-corrected chi connectivity index (χ1v) is 6.74. The van der Waals surface area contributed by atoms with Gasteiger partial charge in [0, 0.05) is 6.61 Å². The Kier molecular flexibility index (Phi) is 4.22. The van der Waals surface area contributed by atoms with Gasteiger partial charge in [0.15, 0.2) is 0 Å². The van der Waals surface area contributed by atoms with Gasteiger partial charge in [0.2, 0.25) is 5.91 Å². The summed E-state index contributed by atoms with van der Waals surface area (Å²) in [5, 5.41) is 3.26. The van der Waals surface area contributed by atoms with Gasteiger partial charge in [-0.2, -0.15) is 0 Å². The Labute approximate surface area is 114 Å². The lowest BCUT2D eigenvalue weighted by Gasteiger charge is -2.29. The molecule has 2 rings (SSSR count). The van der Waals surface area contributed by atoms with Crippen molar-refractivity contribution >= 4 is 5.91 Å². The van der Waals surface area contributed by atoms with E-state index in [1.165, 1.54) is 0 Å². The van der Waals surface area contributed by atoms with Crippen LogP contribution in [0.3, 0.4) is 0 Å². The third-order valence-corrected chi connectivity index (χ3v) is 3.28. The number of nitrogens with zero attached hydrogens (tertiary/aromatic N) is 1. The van der Waals surface area contributed by atoms with Crippen LogP contribution in [0.2, 0.25) is 0 Å². The second-order valence-corrected chi connectivity index (χ2v) is 5.43. The van der Waals surface area contributed by atoms with Crippen LogP contribution in [0.25, 0.3) is 0 Å². The molecule has 1 aliphatic rings. The van der Waals surface area contributed by atoms with E-state index in [9.17, 15) is 4.79 Å². The summed E-state index contributed by atoms with van der Waals surface area (Å²) in [5.74, 6) is 0.124. The van der Waals surface area contributed by atoms with E-state index in [-0.39, 0.29) is 17.6 Å². The van der Waals surface area contributed by atoms with Gasteiger partial charge in [-0.25, -0.2) is 0 Å². The topological polar surface area (TPSA) is 41.6 Å². The molecular formula is C15H22N2O2. The number of benzene rings is 1. The number of nitrogens with one attached hydrogen (secondary N) is 1. The molecule has 0 bridgehead atoms. The first-order valence-electron chi connectivity index (χ1n) is 6.74. The van der Waals surface area contributed by atoms with Crippen molar-refractivity contribution < 1.29 is 9.53 Å². The lowest BCUT2D eigenvalue weighted by molar-refractivity contribution is -0.132. The molecule has 1 N–H and O–H groups in total. The van der Waals surface area contributed by atoms with E-state index < -0.39 is 0 Å². The highest BCUT2D eigenvalue weighted by atomic mass is 16.5. The molecule has 0 radical (unpaired) electrons. The van der Waals surface area contributed by atoms with E-state index in [1.807, 2.05) is 56.0 Å². The van der Waals surface area contributed by atoms with Crippen LogP contribution in [0.15, 0.2) is 30.3 Å².